The number of aromatic nitrogens is 2. The molecule has 2 heterocycles. The monoisotopic (exact) mass is 370 g/mol. The van der Waals surface area contributed by atoms with Crippen LogP contribution in [-0.2, 0) is 0 Å². The molecule has 3 aromatic rings. The molecular formula is C17H19BN4O3S. The zero-order chi connectivity index (χ0) is 18.7. The van der Waals surface area contributed by atoms with E-state index in [4.69, 9.17) is 4.74 Å². The van der Waals surface area contributed by atoms with Gasteiger partial charge < -0.3 is 14.8 Å². The van der Waals surface area contributed by atoms with Gasteiger partial charge in [0.15, 0.2) is 5.82 Å². The van der Waals surface area contributed by atoms with E-state index < -0.39 is 7.12 Å². The molecule has 0 bridgehead atoms. The number of anilines is 1. The van der Waals surface area contributed by atoms with Crippen molar-refractivity contribution in [1.29, 1.82) is 0 Å². The molecule has 0 saturated heterocycles. The van der Waals surface area contributed by atoms with Crippen LogP contribution < -0.4 is 15.2 Å². The summed E-state index contributed by atoms with van der Waals surface area (Å²) < 4.78 is 6.21. The summed E-state index contributed by atoms with van der Waals surface area (Å²) in [6, 6.07) is 5.06. The number of nitrogens with zero attached hydrogens (tertiary/aromatic N) is 4. The summed E-state index contributed by atoms with van der Waals surface area (Å²) in [7, 11) is -0.100. The van der Waals surface area contributed by atoms with E-state index in [0.29, 0.717) is 17.8 Å². The second kappa shape index (κ2) is 7.82. The molecule has 0 spiro atoms. The number of aryl methyl sites for hydroxylation is 1. The normalized spacial score (nSPS) is 11.3. The zero-order valence-corrected chi connectivity index (χ0v) is 15.6. The summed E-state index contributed by atoms with van der Waals surface area (Å²) in [4.78, 5) is 8.74. The highest BCUT2D eigenvalue weighted by atomic mass is 32.1. The molecule has 0 saturated carbocycles. The molecule has 2 N–H and O–H groups in total. The third-order valence-corrected chi connectivity index (χ3v) is 5.02. The first-order valence-corrected chi connectivity index (χ1v) is 8.97. The van der Waals surface area contributed by atoms with E-state index in [9.17, 15) is 10.0 Å². The smallest absolute Gasteiger partial charge is 0.492 e. The molecule has 0 aliphatic heterocycles. The van der Waals surface area contributed by atoms with Gasteiger partial charge in [-0.05, 0) is 36.4 Å². The van der Waals surface area contributed by atoms with Gasteiger partial charge in [0.05, 0.1) is 23.5 Å². The van der Waals surface area contributed by atoms with Crippen molar-refractivity contribution in [2.45, 2.75) is 13.8 Å². The number of hydrogen-bond donors (Lipinski definition) is 2. The molecule has 26 heavy (non-hydrogen) atoms. The van der Waals surface area contributed by atoms with Gasteiger partial charge >= 0.3 is 7.12 Å². The van der Waals surface area contributed by atoms with Crippen molar-refractivity contribution in [1.82, 2.24) is 9.97 Å². The Labute approximate surface area is 155 Å². The van der Waals surface area contributed by atoms with Crippen molar-refractivity contribution in [3.05, 3.63) is 41.0 Å². The van der Waals surface area contributed by atoms with Crippen LogP contribution in [0.3, 0.4) is 0 Å². The average Bonchev–Trinajstić information content (AvgIpc) is 3.03. The molecule has 0 amide bonds. The first kappa shape index (κ1) is 18.3. The third-order valence-electron chi connectivity index (χ3n) is 3.94. The van der Waals surface area contributed by atoms with Gasteiger partial charge in [0.1, 0.15) is 12.1 Å². The van der Waals surface area contributed by atoms with Crippen LogP contribution in [-0.4, -0.2) is 47.0 Å². The Morgan fingerprint density at radius 1 is 1.35 bits per heavy atom. The summed E-state index contributed by atoms with van der Waals surface area (Å²) in [6.45, 7) is 4.67. The number of ether oxygens (including phenoxy) is 1. The fraction of sp³-hybridized carbons (Fsp3) is 0.235. The van der Waals surface area contributed by atoms with E-state index in [-0.39, 0.29) is 0 Å². The van der Waals surface area contributed by atoms with Gasteiger partial charge in [-0.2, -0.15) is 5.10 Å². The number of rotatable bonds is 6. The molecule has 7 nitrogen and oxygen atoms in total. The van der Waals surface area contributed by atoms with Crippen LogP contribution in [0.1, 0.15) is 18.1 Å². The lowest BCUT2D eigenvalue weighted by Crippen LogP contribution is -2.31. The van der Waals surface area contributed by atoms with Gasteiger partial charge in [-0.1, -0.05) is 12.1 Å². The largest absolute Gasteiger partial charge is 0.497 e. The minimum atomic E-state index is -1.58. The maximum atomic E-state index is 9.35. The summed E-state index contributed by atoms with van der Waals surface area (Å²) in [6.07, 6.45) is 3.24. The zero-order valence-electron chi connectivity index (χ0n) is 14.7. The first-order valence-electron chi connectivity index (χ1n) is 8.09. The molecule has 134 valence electrons. The van der Waals surface area contributed by atoms with Crippen LogP contribution >= 0.6 is 11.3 Å². The average molecular weight is 370 g/mol. The number of fused-ring (bicyclic) bond motifs is 1. The van der Waals surface area contributed by atoms with E-state index in [1.807, 2.05) is 13.8 Å². The van der Waals surface area contributed by atoms with Crippen molar-refractivity contribution < 1.29 is 14.8 Å². The van der Waals surface area contributed by atoms with Gasteiger partial charge in [-0.25, -0.2) is 15.0 Å². The second-order valence-corrected chi connectivity index (χ2v) is 6.51. The SMILES string of the molecule is CCN(/N=C/c1ccc(B(O)O)c(OC)c1)c1ncnc2c(C)csc12. The van der Waals surface area contributed by atoms with E-state index >= 15 is 0 Å². The van der Waals surface area contributed by atoms with E-state index in [1.54, 1.807) is 47.1 Å². The van der Waals surface area contributed by atoms with Crippen molar-refractivity contribution in [3.8, 4) is 5.75 Å². The van der Waals surface area contributed by atoms with Crippen LogP contribution in [0.4, 0.5) is 5.82 Å². The second-order valence-electron chi connectivity index (χ2n) is 5.63. The van der Waals surface area contributed by atoms with Crippen molar-refractivity contribution in [2.24, 2.45) is 5.10 Å². The van der Waals surface area contributed by atoms with Crippen molar-refractivity contribution >= 4 is 46.2 Å². The lowest BCUT2D eigenvalue weighted by Gasteiger charge is -2.16. The van der Waals surface area contributed by atoms with E-state index in [1.165, 1.54) is 7.11 Å². The van der Waals surface area contributed by atoms with Gasteiger partial charge in [0.25, 0.3) is 0 Å². The van der Waals surface area contributed by atoms with E-state index in [0.717, 1.165) is 27.2 Å². The molecule has 3 rings (SSSR count). The Hall–Kier alpha value is -2.49. The Balaban J connectivity index is 1.92. The van der Waals surface area contributed by atoms with Crippen LogP contribution in [0.25, 0.3) is 10.2 Å². The fourth-order valence-corrected chi connectivity index (χ4v) is 3.58. The maximum absolute atomic E-state index is 9.35. The predicted molar refractivity (Wildman–Crippen MR) is 106 cm³/mol. The van der Waals surface area contributed by atoms with Gasteiger partial charge in [-0.3, -0.25) is 0 Å². The quantitative estimate of drug-likeness (QED) is 0.389. The van der Waals surface area contributed by atoms with Crippen LogP contribution in [0.5, 0.6) is 5.75 Å². The maximum Gasteiger partial charge on any atom is 0.492 e. The van der Waals surface area contributed by atoms with E-state index in [2.05, 4.69) is 20.4 Å². The molecule has 2 aromatic heterocycles. The number of methoxy groups -OCH3 is 1. The molecule has 0 atom stereocenters. The summed E-state index contributed by atoms with van der Waals surface area (Å²) >= 11 is 1.60. The fourth-order valence-electron chi connectivity index (χ4n) is 2.58. The molecule has 0 aliphatic carbocycles. The number of thiophene rings is 1. The molecule has 0 aliphatic rings. The summed E-state index contributed by atoms with van der Waals surface area (Å²) in [5.74, 6) is 1.16. The highest BCUT2D eigenvalue weighted by molar-refractivity contribution is 7.18. The lowest BCUT2D eigenvalue weighted by atomic mass is 9.79. The molecule has 0 fully saturated rings. The Bertz CT molecular complexity index is 945. The predicted octanol–water partition coefficient (Wildman–Crippen LogP) is 1.55. The Morgan fingerprint density at radius 3 is 2.85 bits per heavy atom. The molecule has 0 unspecified atom stereocenters. The molecular weight excluding hydrogens is 351 g/mol. The minimum Gasteiger partial charge on any atom is -0.497 e. The van der Waals surface area contributed by atoms with Crippen LogP contribution in [0, 0.1) is 6.92 Å². The number of hydrogen-bond acceptors (Lipinski definition) is 8. The Morgan fingerprint density at radius 2 is 2.15 bits per heavy atom. The van der Waals surface area contributed by atoms with Crippen LogP contribution in [0.15, 0.2) is 35.0 Å². The molecule has 9 heteroatoms. The van der Waals surface area contributed by atoms with Crippen molar-refractivity contribution in [3.63, 3.8) is 0 Å². The number of benzene rings is 1. The lowest BCUT2D eigenvalue weighted by molar-refractivity contribution is 0.403. The topological polar surface area (TPSA) is 91.1 Å². The molecule has 1 aromatic carbocycles. The highest BCUT2D eigenvalue weighted by Crippen LogP contribution is 2.30. The van der Waals surface area contributed by atoms with Crippen LogP contribution in [0.2, 0.25) is 0 Å². The third kappa shape index (κ3) is 3.55. The van der Waals surface area contributed by atoms with Gasteiger partial charge in [0, 0.05) is 12.0 Å². The van der Waals surface area contributed by atoms with Gasteiger partial charge in [-0.15, -0.1) is 11.3 Å². The first-order chi connectivity index (χ1) is 12.5. The van der Waals surface area contributed by atoms with Crippen molar-refractivity contribution in [2.75, 3.05) is 18.7 Å². The minimum absolute atomic E-state index is 0.309. The Kier molecular flexibility index (Phi) is 5.50. The summed E-state index contributed by atoms with van der Waals surface area (Å²) in [5, 5.41) is 27.1. The number of hydrazone groups is 1. The standard InChI is InChI=1S/C17H19BN4O3S/c1-4-22(17-16-15(19-10-20-17)11(2)9-26-16)21-8-12-5-6-13(18(23)24)14(7-12)25-3/h5-10,23-24H,4H2,1-3H3/b21-8+. The highest BCUT2D eigenvalue weighted by Gasteiger charge is 2.17. The molecule has 0 radical (unpaired) electrons. The summed E-state index contributed by atoms with van der Waals surface area (Å²) in [5.41, 5.74) is 3.15. The van der Waals surface area contributed by atoms with Gasteiger partial charge in [0.2, 0.25) is 0 Å².